The highest BCUT2D eigenvalue weighted by atomic mass is 35.5. The highest BCUT2D eigenvalue weighted by molar-refractivity contribution is 7.98. The summed E-state index contributed by atoms with van der Waals surface area (Å²) in [6, 6.07) is 19.5. The van der Waals surface area contributed by atoms with Crippen LogP contribution < -0.4 is 10.3 Å². The molecule has 4 aromatic rings. The predicted molar refractivity (Wildman–Crippen MR) is 119 cm³/mol. The molecule has 0 aliphatic rings. The number of ether oxygens (including phenoxy) is 1. The lowest BCUT2D eigenvalue weighted by molar-refractivity contribution is 0.386. The Balaban J connectivity index is 1.73. The van der Waals surface area contributed by atoms with Crippen molar-refractivity contribution in [3.8, 4) is 5.75 Å². The number of hydrogen-bond acceptors (Lipinski definition) is 4. The number of halogens is 2. The van der Waals surface area contributed by atoms with E-state index < -0.39 is 5.82 Å². The van der Waals surface area contributed by atoms with E-state index in [-0.39, 0.29) is 11.3 Å². The molecule has 0 aliphatic heterocycles. The Morgan fingerprint density at radius 3 is 2.63 bits per heavy atom. The zero-order valence-corrected chi connectivity index (χ0v) is 17.7. The van der Waals surface area contributed by atoms with Gasteiger partial charge >= 0.3 is 0 Å². The van der Waals surface area contributed by atoms with Gasteiger partial charge in [0, 0.05) is 10.8 Å². The van der Waals surface area contributed by atoms with Crippen molar-refractivity contribution in [2.45, 2.75) is 17.5 Å². The molecule has 152 valence electrons. The van der Waals surface area contributed by atoms with Gasteiger partial charge < -0.3 is 4.74 Å². The first kappa shape index (κ1) is 20.4. The lowest BCUT2D eigenvalue weighted by Gasteiger charge is -2.14. The van der Waals surface area contributed by atoms with Crippen molar-refractivity contribution in [3.05, 3.63) is 99.1 Å². The minimum atomic E-state index is -0.421. The topological polar surface area (TPSA) is 44.1 Å². The second-order valence-electron chi connectivity index (χ2n) is 6.65. The van der Waals surface area contributed by atoms with Crippen LogP contribution in [-0.4, -0.2) is 16.7 Å². The molecule has 1 heterocycles. The average Bonchev–Trinajstić information content (AvgIpc) is 2.76. The van der Waals surface area contributed by atoms with Gasteiger partial charge in [-0.3, -0.25) is 9.36 Å². The molecule has 3 aromatic carbocycles. The van der Waals surface area contributed by atoms with Gasteiger partial charge in [0.25, 0.3) is 5.56 Å². The van der Waals surface area contributed by atoms with Crippen LogP contribution in [0.5, 0.6) is 5.75 Å². The number of aromatic nitrogens is 2. The van der Waals surface area contributed by atoms with Crippen molar-refractivity contribution >= 4 is 34.3 Å². The van der Waals surface area contributed by atoms with Crippen LogP contribution in [0.1, 0.15) is 11.1 Å². The van der Waals surface area contributed by atoms with Gasteiger partial charge in [0.15, 0.2) is 16.7 Å². The molecule has 0 radical (unpaired) electrons. The Hall–Kier alpha value is -2.83. The lowest BCUT2D eigenvalue weighted by Crippen LogP contribution is -2.24. The van der Waals surface area contributed by atoms with Crippen LogP contribution in [0.3, 0.4) is 0 Å². The monoisotopic (exact) mass is 440 g/mol. The van der Waals surface area contributed by atoms with E-state index in [0.717, 1.165) is 11.1 Å². The van der Waals surface area contributed by atoms with E-state index in [1.807, 2.05) is 36.4 Å². The zero-order valence-electron chi connectivity index (χ0n) is 16.1. The first-order chi connectivity index (χ1) is 14.6. The molecule has 0 saturated carbocycles. The van der Waals surface area contributed by atoms with Crippen LogP contribution in [0.2, 0.25) is 5.02 Å². The minimum absolute atomic E-state index is 0.135. The van der Waals surface area contributed by atoms with Crippen molar-refractivity contribution in [3.63, 3.8) is 0 Å². The minimum Gasteiger partial charge on any atom is -0.494 e. The summed E-state index contributed by atoms with van der Waals surface area (Å²) < 4.78 is 20.6. The Kier molecular flexibility index (Phi) is 6.06. The van der Waals surface area contributed by atoms with Gasteiger partial charge in [-0.15, -0.1) is 0 Å². The quantitative estimate of drug-likeness (QED) is 0.292. The molecule has 0 amide bonds. The SMILES string of the molecule is COc1ccc(CSc2nc3ccccc3c(=O)n2Cc2ccccc2Cl)cc1F. The fourth-order valence-corrected chi connectivity index (χ4v) is 4.28. The first-order valence-corrected chi connectivity index (χ1v) is 10.6. The van der Waals surface area contributed by atoms with Crippen molar-refractivity contribution in [1.82, 2.24) is 9.55 Å². The van der Waals surface area contributed by atoms with Crippen LogP contribution in [-0.2, 0) is 12.3 Å². The number of methoxy groups -OCH3 is 1. The summed E-state index contributed by atoms with van der Waals surface area (Å²) in [7, 11) is 1.43. The van der Waals surface area contributed by atoms with Crippen LogP contribution in [0.15, 0.2) is 76.7 Å². The van der Waals surface area contributed by atoms with E-state index in [4.69, 9.17) is 21.3 Å². The number of rotatable bonds is 6. The molecular weight excluding hydrogens is 423 g/mol. The largest absolute Gasteiger partial charge is 0.494 e. The van der Waals surface area contributed by atoms with Gasteiger partial charge in [0.2, 0.25) is 0 Å². The van der Waals surface area contributed by atoms with Gasteiger partial charge in [0.1, 0.15) is 0 Å². The molecule has 4 rings (SSSR count). The molecular formula is C23H18ClFN2O2S. The third-order valence-electron chi connectivity index (χ3n) is 4.70. The lowest BCUT2D eigenvalue weighted by atomic mass is 10.2. The maximum atomic E-state index is 14.0. The zero-order chi connectivity index (χ0) is 21.1. The summed E-state index contributed by atoms with van der Waals surface area (Å²) in [4.78, 5) is 17.9. The summed E-state index contributed by atoms with van der Waals surface area (Å²) >= 11 is 7.70. The van der Waals surface area contributed by atoms with Crippen LogP contribution in [0.25, 0.3) is 10.9 Å². The fraction of sp³-hybridized carbons (Fsp3) is 0.130. The molecule has 7 heteroatoms. The summed E-state index contributed by atoms with van der Waals surface area (Å²) in [6.45, 7) is 0.301. The van der Waals surface area contributed by atoms with E-state index in [1.54, 1.807) is 28.8 Å². The van der Waals surface area contributed by atoms with E-state index in [2.05, 4.69) is 0 Å². The van der Waals surface area contributed by atoms with E-state index >= 15 is 0 Å². The molecule has 0 bridgehead atoms. The highest BCUT2D eigenvalue weighted by Gasteiger charge is 2.14. The number of thioether (sulfide) groups is 1. The molecule has 0 atom stereocenters. The fourth-order valence-electron chi connectivity index (χ4n) is 3.14. The van der Waals surface area contributed by atoms with Gasteiger partial charge in [0.05, 0.1) is 24.6 Å². The molecule has 0 N–H and O–H groups in total. The van der Waals surface area contributed by atoms with Crippen LogP contribution >= 0.6 is 23.4 Å². The second kappa shape index (κ2) is 8.90. The Bertz CT molecular complexity index is 1280. The van der Waals surface area contributed by atoms with Gasteiger partial charge in [-0.25, -0.2) is 9.37 Å². The van der Waals surface area contributed by atoms with E-state index in [0.29, 0.717) is 33.4 Å². The second-order valence-corrected chi connectivity index (χ2v) is 8.00. The molecule has 1 aromatic heterocycles. The van der Waals surface area contributed by atoms with Gasteiger partial charge in [-0.05, 0) is 41.5 Å². The van der Waals surface area contributed by atoms with E-state index in [9.17, 15) is 9.18 Å². The van der Waals surface area contributed by atoms with Gasteiger partial charge in [-0.1, -0.05) is 59.8 Å². The summed E-state index contributed by atoms with van der Waals surface area (Å²) in [5, 5.41) is 1.69. The summed E-state index contributed by atoms with van der Waals surface area (Å²) in [5.74, 6) is 0.229. The van der Waals surface area contributed by atoms with E-state index in [1.165, 1.54) is 24.9 Å². The Morgan fingerprint density at radius 2 is 1.87 bits per heavy atom. The number of nitrogens with zero attached hydrogens (tertiary/aromatic N) is 2. The van der Waals surface area contributed by atoms with Crippen molar-refractivity contribution in [1.29, 1.82) is 0 Å². The number of fused-ring (bicyclic) bond motifs is 1. The van der Waals surface area contributed by atoms with Crippen LogP contribution in [0.4, 0.5) is 4.39 Å². The Morgan fingerprint density at radius 1 is 1.10 bits per heavy atom. The summed E-state index contributed by atoms with van der Waals surface area (Å²) in [6.07, 6.45) is 0. The molecule has 4 nitrogen and oxygen atoms in total. The summed E-state index contributed by atoms with van der Waals surface area (Å²) in [5.41, 5.74) is 2.09. The highest BCUT2D eigenvalue weighted by Crippen LogP contribution is 2.26. The van der Waals surface area contributed by atoms with Crippen molar-refractivity contribution in [2.24, 2.45) is 0 Å². The maximum absolute atomic E-state index is 14.0. The molecule has 0 saturated heterocycles. The van der Waals surface area contributed by atoms with Gasteiger partial charge in [-0.2, -0.15) is 0 Å². The molecule has 0 aliphatic carbocycles. The standard InChI is InChI=1S/C23H18ClFN2O2S/c1-29-21-11-10-15(12-19(21)25)14-30-23-26-20-9-5-3-7-17(20)22(28)27(23)13-16-6-2-4-8-18(16)24/h2-12H,13-14H2,1H3. The third-order valence-corrected chi connectivity index (χ3v) is 6.11. The molecule has 0 spiro atoms. The number of para-hydroxylation sites is 1. The predicted octanol–water partition coefficient (Wildman–Crippen LogP) is 5.54. The average molecular weight is 441 g/mol. The molecule has 0 fully saturated rings. The maximum Gasteiger partial charge on any atom is 0.262 e. The Labute approximate surface area is 182 Å². The third kappa shape index (κ3) is 4.20. The van der Waals surface area contributed by atoms with Crippen molar-refractivity contribution < 1.29 is 9.13 Å². The smallest absolute Gasteiger partial charge is 0.262 e. The molecule has 0 unspecified atom stereocenters. The number of hydrogen-bond donors (Lipinski definition) is 0. The normalized spacial score (nSPS) is 11.0. The number of benzene rings is 3. The van der Waals surface area contributed by atoms with Crippen molar-refractivity contribution in [2.75, 3.05) is 7.11 Å². The first-order valence-electron chi connectivity index (χ1n) is 9.25. The van der Waals surface area contributed by atoms with Crippen LogP contribution in [0, 0.1) is 5.82 Å². The molecule has 30 heavy (non-hydrogen) atoms.